The van der Waals surface area contributed by atoms with Gasteiger partial charge >= 0.3 is 0 Å². The minimum atomic E-state index is -0.174. The van der Waals surface area contributed by atoms with E-state index in [-0.39, 0.29) is 5.91 Å². The second-order valence-electron chi connectivity index (χ2n) is 6.61. The van der Waals surface area contributed by atoms with Crippen molar-refractivity contribution in [3.8, 4) is 11.5 Å². The van der Waals surface area contributed by atoms with Crippen molar-refractivity contribution in [3.05, 3.63) is 77.6 Å². The molecular formula is C23H25N3O3. The van der Waals surface area contributed by atoms with Crippen molar-refractivity contribution in [1.29, 1.82) is 0 Å². The van der Waals surface area contributed by atoms with E-state index in [9.17, 15) is 4.79 Å². The number of rotatable bonds is 8. The van der Waals surface area contributed by atoms with Gasteiger partial charge in [-0.15, -0.1) is 0 Å². The molecule has 0 aliphatic carbocycles. The van der Waals surface area contributed by atoms with Crippen molar-refractivity contribution in [2.24, 2.45) is 0 Å². The zero-order valence-corrected chi connectivity index (χ0v) is 16.9. The van der Waals surface area contributed by atoms with Gasteiger partial charge in [-0.1, -0.05) is 24.3 Å². The van der Waals surface area contributed by atoms with E-state index in [1.165, 1.54) is 0 Å². The number of anilines is 2. The third-order valence-corrected chi connectivity index (χ3v) is 4.51. The Morgan fingerprint density at radius 3 is 2.59 bits per heavy atom. The third-order valence-electron chi connectivity index (χ3n) is 4.51. The molecule has 1 aromatic heterocycles. The van der Waals surface area contributed by atoms with Gasteiger partial charge in [-0.3, -0.25) is 9.78 Å². The lowest BCUT2D eigenvalue weighted by molar-refractivity contribution is 0.0953. The Labute approximate surface area is 170 Å². The predicted molar refractivity (Wildman–Crippen MR) is 114 cm³/mol. The Kier molecular flexibility index (Phi) is 6.68. The lowest BCUT2D eigenvalue weighted by atomic mass is 10.1. The first-order valence-corrected chi connectivity index (χ1v) is 9.37. The number of amides is 1. The lowest BCUT2D eigenvalue weighted by Crippen LogP contribution is -2.26. The van der Waals surface area contributed by atoms with Crippen LogP contribution in [-0.2, 0) is 6.42 Å². The molecule has 0 fully saturated rings. The minimum absolute atomic E-state index is 0.174. The Hall–Kier alpha value is -3.54. The van der Waals surface area contributed by atoms with Crippen molar-refractivity contribution < 1.29 is 14.3 Å². The molecule has 2 aromatic carbocycles. The highest BCUT2D eigenvalue weighted by molar-refractivity contribution is 5.94. The standard InChI is InChI=1S/C23H25N3O3/c1-16-8-9-22(29-3)20(12-16)26-19-13-18(14-24-15-19)23(27)25-11-10-17-6-4-5-7-21(17)28-2/h4-9,12-15,26H,10-11H2,1-3H3,(H,25,27). The SMILES string of the molecule is COc1ccccc1CCNC(=O)c1cncc(Nc2cc(C)ccc2OC)c1. The maximum atomic E-state index is 12.5. The summed E-state index contributed by atoms with van der Waals surface area (Å²) in [5.41, 5.74) is 4.18. The number of hydrogen-bond donors (Lipinski definition) is 2. The van der Waals surface area contributed by atoms with Gasteiger partial charge in [0.05, 0.1) is 37.4 Å². The molecule has 0 radical (unpaired) electrons. The summed E-state index contributed by atoms with van der Waals surface area (Å²) in [6, 6.07) is 15.4. The Morgan fingerprint density at radius 1 is 1.00 bits per heavy atom. The largest absolute Gasteiger partial charge is 0.496 e. The van der Waals surface area contributed by atoms with E-state index >= 15 is 0 Å². The zero-order chi connectivity index (χ0) is 20.6. The van der Waals surface area contributed by atoms with E-state index in [0.717, 1.165) is 28.3 Å². The molecule has 0 unspecified atom stereocenters. The number of para-hydroxylation sites is 1. The van der Waals surface area contributed by atoms with Crippen molar-refractivity contribution in [2.45, 2.75) is 13.3 Å². The molecule has 6 nitrogen and oxygen atoms in total. The summed E-state index contributed by atoms with van der Waals surface area (Å²) in [6.45, 7) is 2.51. The smallest absolute Gasteiger partial charge is 0.252 e. The highest BCUT2D eigenvalue weighted by Gasteiger charge is 2.09. The van der Waals surface area contributed by atoms with Gasteiger partial charge in [0, 0.05) is 12.7 Å². The molecule has 6 heteroatoms. The van der Waals surface area contributed by atoms with Crippen LogP contribution in [0.15, 0.2) is 60.9 Å². The summed E-state index contributed by atoms with van der Waals surface area (Å²) in [7, 11) is 3.27. The molecule has 0 saturated heterocycles. The monoisotopic (exact) mass is 391 g/mol. The summed E-state index contributed by atoms with van der Waals surface area (Å²) in [6.07, 6.45) is 3.91. The summed E-state index contributed by atoms with van der Waals surface area (Å²) in [5, 5.41) is 6.21. The topological polar surface area (TPSA) is 72.5 Å². The molecule has 29 heavy (non-hydrogen) atoms. The van der Waals surface area contributed by atoms with Gasteiger partial charge in [0.2, 0.25) is 0 Å². The number of carbonyl (C=O) groups is 1. The fraction of sp³-hybridized carbons (Fsp3) is 0.217. The van der Waals surface area contributed by atoms with E-state index in [0.29, 0.717) is 24.2 Å². The predicted octanol–water partition coefficient (Wildman–Crippen LogP) is 4.12. The molecule has 3 rings (SSSR count). The summed E-state index contributed by atoms with van der Waals surface area (Å²) in [5.74, 6) is 1.37. The van der Waals surface area contributed by atoms with Gasteiger partial charge in [0.25, 0.3) is 5.91 Å². The number of aryl methyl sites for hydroxylation is 1. The number of hydrogen-bond acceptors (Lipinski definition) is 5. The molecule has 0 aliphatic heterocycles. The van der Waals surface area contributed by atoms with E-state index in [2.05, 4.69) is 15.6 Å². The number of aromatic nitrogens is 1. The van der Waals surface area contributed by atoms with Crippen molar-refractivity contribution >= 4 is 17.3 Å². The van der Waals surface area contributed by atoms with Gasteiger partial charge in [-0.25, -0.2) is 0 Å². The third kappa shape index (κ3) is 5.25. The van der Waals surface area contributed by atoms with Crippen LogP contribution >= 0.6 is 0 Å². The number of methoxy groups -OCH3 is 2. The van der Waals surface area contributed by atoms with E-state index in [1.807, 2.05) is 49.4 Å². The lowest BCUT2D eigenvalue weighted by Gasteiger charge is -2.13. The van der Waals surface area contributed by atoms with Gasteiger partial charge in [-0.05, 0) is 48.7 Å². The van der Waals surface area contributed by atoms with Crippen LogP contribution in [0.1, 0.15) is 21.5 Å². The quantitative estimate of drug-likeness (QED) is 0.604. The van der Waals surface area contributed by atoms with Crippen LogP contribution in [0.3, 0.4) is 0 Å². The number of carbonyl (C=O) groups excluding carboxylic acids is 1. The first-order valence-electron chi connectivity index (χ1n) is 9.37. The van der Waals surface area contributed by atoms with Crippen LogP contribution in [0.2, 0.25) is 0 Å². The summed E-state index contributed by atoms with van der Waals surface area (Å²) in [4.78, 5) is 16.7. The van der Waals surface area contributed by atoms with Crippen molar-refractivity contribution in [3.63, 3.8) is 0 Å². The zero-order valence-electron chi connectivity index (χ0n) is 16.9. The average Bonchev–Trinajstić information content (AvgIpc) is 2.74. The highest BCUT2D eigenvalue weighted by atomic mass is 16.5. The Bertz CT molecular complexity index is 989. The van der Waals surface area contributed by atoms with E-state index in [4.69, 9.17) is 9.47 Å². The molecule has 0 bridgehead atoms. The van der Waals surface area contributed by atoms with Gasteiger partial charge in [0.1, 0.15) is 11.5 Å². The molecule has 150 valence electrons. The Morgan fingerprint density at radius 2 is 1.79 bits per heavy atom. The molecule has 0 saturated carbocycles. The fourth-order valence-corrected chi connectivity index (χ4v) is 3.03. The number of nitrogens with zero attached hydrogens (tertiary/aromatic N) is 1. The van der Waals surface area contributed by atoms with E-state index < -0.39 is 0 Å². The van der Waals surface area contributed by atoms with Gasteiger partial charge in [-0.2, -0.15) is 0 Å². The van der Waals surface area contributed by atoms with Crippen LogP contribution < -0.4 is 20.1 Å². The number of ether oxygens (including phenoxy) is 2. The van der Waals surface area contributed by atoms with Crippen LogP contribution in [-0.4, -0.2) is 31.7 Å². The minimum Gasteiger partial charge on any atom is -0.496 e. The second-order valence-corrected chi connectivity index (χ2v) is 6.61. The highest BCUT2D eigenvalue weighted by Crippen LogP contribution is 2.28. The van der Waals surface area contributed by atoms with Crippen LogP contribution in [0, 0.1) is 6.92 Å². The van der Waals surface area contributed by atoms with Crippen LogP contribution in [0.5, 0.6) is 11.5 Å². The fourth-order valence-electron chi connectivity index (χ4n) is 3.03. The van der Waals surface area contributed by atoms with Gasteiger partial charge < -0.3 is 20.1 Å². The first kappa shape index (κ1) is 20.2. The first-order chi connectivity index (χ1) is 14.1. The molecule has 0 atom stereocenters. The van der Waals surface area contributed by atoms with Crippen LogP contribution in [0.4, 0.5) is 11.4 Å². The molecule has 0 spiro atoms. The maximum absolute atomic E-state index is 12.5. The number of benzene rings is 2. The molecule has 2 N–H and O–H groups in total. The molecular weight excluding hydrogens is 366 g/mol. The van der Waals surface area contributed by atoms with Gasteiger partial charge in [0.15, 0.2) is 0 Å². The average molecular weight is 391 g/mol. The van der Waals surface area contributed by atoms with E-state index in [1.54, 1.807) is 32.7 Å². The van der Waals surface area contributed by atoms with Crippen molar-refractivity contribution in [1.82, 2.24) is 10.3 Å². The normalized spacial score (nSPS) is 10.3. The Balaban J connectivity index is 1.64. The van der Waals surface area contributed by atoms with Crippen molar-refractivity contribution in [2.75, 3.05) is 26.1 Å². The molecule has 1 heterocycles. The summed E-state index contributed by atoms with van der Waals surface area (Å²) < 4.78 is 10.7. The second kappa shape index (κ2) is 9.59. The maximum Gasteiger partial charge on any atom is 0.252 e. The number of nitrogens with one attached hydrogen (secondary N) is 2. The molecule has 3 aromatic rings. The molecule has 0 aliphatic rings. The van der Waals surface area contributed by atoms with Crippen LogP contribution in [0.25, 0.3) is 0 Å². The molecule has 1 amide bonds. The summed E-state index contributed by atoms with van der Waals surface area (Å²) >= 11 is 0. The number of pyridine rings is 1.